The van der Waals surface area contributed by atoms with Gasteiger partial charge in [-0.1, -0.05) is 24.3 Å². The minimum atomic E-state index is -0.334. The lowest BCUT2D eigenvalue weighted by atomic mass is 10.1. The predicted octanol–water partition coefficient (Wildman–Crippen LogP) is 3.96. The fraction of sp³-hybridized carbons (Fsp3) is 0.250. The van der Waals surface area contributed by atoms with E-state index in [0.29, 0.717) is 28.1 Å². The van der Waals surface area contributed by atoms with Crippen LogP contribution in [-0.2, 0) is 6.61 Å². The van der Waals surface area contributed by atoms with Crippen molar-refractivity contribution in [3.63, 3.8) is 0 Å². The molecular formula is C20H21FN2O2S. The fourth-order valence-electron chi connectivity index (χ4n) is 2.71. The van der Waals surface area contributed by atoms with E-state index >= 15 is 0 Å². The first-order chi connectivity index (χ1) is 12.7. The number of thiophene rings is 1. The number of hydrogen-bond acceptors (Lipinski definition) is 4. The van der Waals surface area contributed by atoms with Crippen molar-refractivity contribution in [3.8, 4) is 5.75 Å². The molecule has 0 saturated carbocycles. The molecule has 2 N–H and O–H groups in total. The van der Waals surface area contributed by atoms with Crippen LogP contribution in [0.25, 0.3) is 10.1 Å². The average molecular weight is 372 g/mol. The first-order valence-corrected chi connectivity index (χ1v) is 9.33. The second-order valence-electron chi connectivity index (χ2n) is 5.84. The average Bonchev–Trinajstić information content (AvgIpc) is 3.04. The number of rotatable bonds is 8. The summed E-state index contributed by atoms with van der Waals surface area (Å²) in [5.74, 6) is 0.163. The molecule has 136 valence electrons. The number of amides is 1. The van der Waals surface area contributed by atoms with Gasteiger partial charge in [0.1, 0.15) is 18.2 Å². The molecule has 2 aromatic carbocycles. The number of benzene rings is 2. The summed E-state index contributed by atoms with van der Waals surface area (Å²) in [5, 5.41) is 6.41. The van der Waals surface area contributed by atoms with Crippen LogP contribution in [0.1, 0.15) is 21.7 Å². The van der Waals surface area contributed by atoms with Crippen LogP contribution in [0.4, 0.5) is 4.39 Å². The summed E-state index contributed by atoms with van der Waals surface area (Å²) in [6, 6.07) is 14.2. The Kier molecular flexibility index (Phi) is 6.20. The quantitative estimate of drug-likeness (QED) is 0.589. The Balaban J connectivity index is 1.86. The molecule has 0 unspecified atom stereocenters. The number of halogens is 1. The Morgan fingerprint density at radius 3 is 2.69 bits per heavy atom. The van der Waals surface area contributed by atoms with Gasteiger partial charge in [0.05, 0.1) is 4.88 Å². The molecule has 26 heavy (non-hydrogen) atoms. The van der Waals surface area contributed by atoms with Gasteiger partial charge in [-0.05, 0) is 44.3 Å². The van der Waals surface area contributed by atoms with Crippen molar-refractivity contribution >= 4 is 27.3 Å². The van der Waals surface area contributed by atoms with Crippen molar-refractivity contribution in [3.05, 3.63) is 64.8 Å². The Morgan fingerprint density at radius 2 is 1.92 bits per heavy atom. The highest BCUT2D eigenvalue weighted by atomic mass is 32.1. The third-order valence-electron chi connectivity index (χ3n) is 3.98. The maximum Gasteiger partial charge on any atom is 0.261 e. The van der Waals surface area contributed by atoms with Crippen LogP contribution in [-0.4, -0.2) is 26.0 Å². The van der Waals surface area contributed by atoms with Crippen molar-refractivity contribution < 1.29 is 13.9 Å². The standard InChI is InChI=1S/C20H21FN2O2S/c1-22-11-6-12-23-20(24)19-15(13-25-14-7-3-2-4-8-14)18-16(21)9-5-10-17(18)26-19/h2-5,7-10,22H,6,11-13H2,1H3,(H,23,24). The number of fused-ring (bicyclic) bond motifs is 1. The molecule has 3 aromatic rings. The highest BCUT2D eigenvalue weighted by Gasteiger charge is 2.21. The lowest BCUT2D eigenvalue weighted by Gasteiger charge is -2.09. The summed E-state index contributed by atoms with van der Waals surface area (Å²) in [5.41, 5.74) is 0.595. The van der Waals surface area contributed by atoms with E-state index < -0.39 is 0 Å². The van der Waals surface area contributed by atoms with Gasteiger partial charge in [-0.3, -0.25) is 4.79 Å². The highest BCUT2D eigenvalue weighted by Crippen LogP contribution is 2.34. The second kappa shape index (κ2) is 8.78. The fourth-order valence-corrected chi connectivity index (χ4v) is 3.85. The van der Waals surface area contributed by atoms with Gasteiger partial charge in [0.2, 0.25) is 0 Å². The van der Waals surface area contributed by atoms with Crippen LogP contribution < -0.4 is 15.4 Å². The van der Waals surface area contributed by atoms with E-state index in [9.17, 15) is 9.18 Å². The van der Waals surface area contributed by atoms with Crippen LogP contribution >= 0.6 is 11.3 Å². The Bertz CT molecular complexity index is 880. The van der Waals surface area contributed by atoms with Gasteiger partial charge in [-0.2, -0.15) is 0 Å². The normalized spacial score (nSPS) is 10.8. The minimum Gasteiger partial charge on any atom is -0.489 e. The van der Waals surface area contributed by atoms with E-state index in [-0.39, 0.29) is 18.3 Å². The molecule has 1 aromatic heterocycles. The molecule has 0 atom stereocenters. The summed E-state index contributed by atoms with van der Waals surface area (Å²) in [6.45, 7) is 1.53. The van der Waals surface area contributed by atoms with Crippen molar-refractivity contribution in [2.24, 2.45) is 0 Å². The molecule has 0 fully saturated rings. The van der Waals surface area contributed by atoms with Gasteiger partial charge in [-0.25, -0.2) is 4.39 Å². The van der Waals surface area contributed by atoms with Crippen molar-refractivity contribution in [2.45, 2.75) is 13.0 Å². The summed E-state index contributed by atoms with van der Waals surface area (Å²) < 4.78 is 21.0. The zero-order valence-corrected chi connectivity index (χ0v) is 15.4. The van der Waals surface area contributed by atoms with Gasteiger partial charge >= 0.3 is 0 Å². The molecule has 3 rings (SSSR count). The Hall–Kier alpha value is -2.44. The molecule has 0 bridgehead atoms. The van der Waals surface area contributed by atoms with E-state index in [1.54, 1.807) is 6.07 Å². The lowest BCUT2D eigenvalue weighted by molar-refractivity contribution is 0.0955. The zero-order chi connectivity index (χ0) is 18.4. The molecule has 1 amide bonds. The molecule has 0 saturated heterocycles. The molecule has 6 heteroatoms. The Labute approximate surface area is 156 Å². The largest absolute Gasteiger partial charge is 0.489 e. The Morgan fingerprint density at radius 1 is 1.12 bits per heavy atom. The first-order valence-electron chi connectivity index (χ1n) is 8.51. The number of carbonyl (C=O) groups excluding carboxylic acids is 1. The number of para-hydroxylation sites is 1. The van der Waals surface area contributed by atoms with Crippen molar-refractivity contribution in [1.29, 1.82) is 0 Å². The van der Waals surface area contributed by atoms with Crippen LogP contribution in [0.5, 0.6) is 5.75 Å². The molecular weight excluding hydrogens is 351 g/mol. The van der Waals surface area contributed by atoms with Crippen molar-refractivity contribution in [1.82, 2.24) is 10.6 Å². The molecule has 4 nitrogen and oxygen atoms in total. The minimum absolute atomic E-state index is 0.143. The smallest absolute Gasteiger partial charge is 0.261 e. The van der Waals surface area contributed by atoms with E-state index in [2.05, 4.69) is 10.6 Å². The third kappa shape index (κ3) is 4.20. The first kappa shape index (κ1) is 18.4. The van der Waals surface area contributed by atoms with E-state index in [1.165, 1.54) is 17.4 Å². The molecule has 1 heterocycles. The van der Waals surface area contributed by atoms with Crippen LogP contribution in [0.3, 0.4) is 0 Å². The predicted molar refractivity (Wildman–Crippen MR) is 103 cm³/mol. The molecule has 0 spiro atoms. The SMILES string of the molecule is CNCCCNC(=O)c1sc2cccc(F)c2c1COc1ccccc1. The van der Waals surface area contributed by atoms with Crippen LogP contribution in [0.2, 0.25) is 0 Å². The molecule has 0 aliphatic carbocycles. The summed E-state index contributed by atoms with van der Waals surface area (Å²) in [6.07, 6.45) is 0.831. The second-order valence-corrected chi connectivity index (χ2v) is 6.89. The zero-order valence-electron chi connectivity index (χ0n) is 14.5. The molecule has 0 aliphatic heterocycles. The van der Waals surface area contributed by atoms with Crippen LogP contribution in [0.15, 0.2) is 48.5 Å². The van der Waals surface area contributed by atoms with Gasteiger partial charge in [0.25, 0.3) is 5.91 Å². The van der Waals surface area contributed by atoms with Gasteiger partial charge < -0.3 is 15.4 Å². The van der Waals surface area contributed by atoms with Gasteiger partial charge in [0.15, 0.2) is 0 Å². The summed E-state index contributed by atoms with van der Waals surface area (Å²) in [7, 11) is 1.87. The number of nitrogens with one attached hydrogen (secondary N) is 2. The van der Waals surface area contributed by atoms with E-state index in [1.807, 2.05) is 43.4 Å². The van der Waals surface area contributed by atoms with Gasteiger partial charge in [-0.15, -0.1) is 11.3 Å². The number of ether oxygens (including phenoxy) is 1. The number of hydrogen-bond donors (Lipinski definition) is 2. The van der Waals surface area contributed by atoms with E-state index in [0.717, 1.165) is 17.7 Å². The lowest BCUT2D eigenvalue weighted by Crippen LogP contribution is -2.26. The maximum atomic E-state index is 14.4. The highest BCUT2D eigenvalue weighted by molar-refractivity contribution is 7.21. The van der Waals surface area contributed by atoms with E-state index in [4.69, 9.17) is 4.74 Å². The van der Waals surface area contributed by atoms with Crippen molar-refractivity contribution in [2.75, 3.05) is 20.1 Å². The monoisotopic (exact) mass is 372 g/mol. The molecule has 0 radical (unpaired) electrons. The topological polar surface area (TPSA) is 50.4 Å². The summed E-state index contributed by atoms with van der Waals surface area (Å²) >= 11 is 1.30. The maximum absolute atomic E-state index is 14.4. The molecule has 0 aliphatic rings. The summed E-state index contributed by atoms with van der Waals surface area (Å²) in [4.78, 5) is 13.1. The number of carbonyl (C=O) groups is 1. The van der Waals surface area contributed by atoms with Crippen LogP contribution in [0, 0.1) is 5.82 Å². The third-order valence-corrected chi connectivity index (χ3v) is 5.18. The van der Waals surface area contributed by atoms with Gasteiger partial charge in [0, 0.05) is 22.2 Å².